The van der Waals surface area contributed by atoms with Gasteiger partial charge in [0.2, 0.25) is 0 Å². The van der Waals surface area contributed by atoms with Gasteiger partial charge in [-0.25, -0.2) is 0 Å². The Morgan fingerprint density at radius 3 is 2.90 bits per heavy atom. The van der Waals surface area contributed by atoms with E-state index in [0.29, 0.717) is 5.92 Å². The van der Waals surface area contributed by atoms with Crippen LogP contribution in [0.5, 0.6) is 0 Å². The number of hydrogen-bond acceptors (Lipinski definition) is 2. The first-order chi connectivity index (χ1) is 9.92. The minimum atomic E-state index is -0.149. The Morgan fingerprint density at radius 2 is 2.10 bits per heavy atom. The molecule has 0 aliphatic heterocycles. The molecule has 0 aromatic rings. The zero-order valence-corrected chi connectivity index (χ0v) is 13.0. The van der Waals surface area contributed by atoms with E-state index in [1.807, 2.05) is 6.08 Å². The summed E-state index contributed by atoms with van der Waals surface area (Å²) in [6.07, 6.45) is 11.9. The highest BCUT2D eigenvalue weighted by atomic mass is 16.3. The minimum Gasteiger partial charge on any atom is -0.393 e. The van der Waals surface area contributed by atoms with Crippen molar-refractivity contribution in [3.8, 4) is 0 Å². The van der Waals surface area contributed by atoms with E-state index >= 15 is 0 Å². The lowest BCUT2D eigenvalue weighted by Crippen LogP contribution is -2.39. The van der Waals surface area contributed by atoms with E-state index in [1.165, 1.54) is 18.4 Å². The Hall–Kier alpha value is -1.15. The first-order valence-electron chi connectivity index (χ1n) is 8.27. The van der Waals surface area contributed by atoms with Crippen LogP contribution in [-0.2, 0) is 4.79 Å². The summed E-state index contributed by atoms with van der Waals surface area (Å²) in [7, 11) is 0. The van der Waals surface area contributed by atoms with Crippen LogP contribution in [0.15, 0.2) is 34.9 Å². The normalized spacial score (nSPS) is 45.1. The highest BCUT2D eigenvalue weighted by molar-refractivity contribution is 6.01. The van der Waals surface area contributed by atoms with Gasteiger partial charge < -0.3 is 5.11 Å². The molecule has 112 valence electrons. The Kier molecular flexibility index (Phi) is 2.70. The Morgan fingerprint density at radius 1 is 1.29 bits per heavy atom. The summed E-state index contributed by atoms with van der Waals surface area (Å²) in [5.74, 6) is 0.686. The molecule has 2 heteroatoms. The van der Waals surface area contributed by atoms with Gasteiger partial charge >= 0.3 is 0 Å². The maximum absolute atomic E-state index is 11.7. The molecule has 2 nitrogen and oxygen atoms in total. The van der Waals surface area contributed by atoms with E-state index < -0.39 is 0 Å². The van der Waals surface area contributed by atoms with Crippen molar-refractivity contribution in [2.24, 2.45) is 16.7 Å². The number of aliphatic hydroxyl groups is 1. The predicted molar refractivity (Wildman–Crippen MR) is 82.7 cm³/mol. The topological polar surface area (TPSA) is 37.3 Å². The Bertz CT molecular complexity index is 609. The van der Waals surface area contributed by atoms with Crippen LogP contribution in [0.1, 0.15) is 52.4 Å². The van der Waals surface area contributed by atoms with E-state index in [9.17, 15) is 9.90 Å². The average Bonchev–Trinajstić information content (AvgIpc) is 2.74. The molecule has 4 aliphatic carbocycles. The standard InChI is InChI=1S/C19H24O2/c1-18-7-6-16-15(17(18)10-14(21)11-18)4-3-12-9-13(20)5-8-19(12,16)2/h5,8-9,14,16,21H,3-4,6-7,10-11H2,1-2H3/t14-,16?,18-,19-/m0/s1. The van der Waals surface area contributed by atoms with Crippen LogP contribution in [-0.4, -0.2) is 17.0 Å². The summed E-state index contributed by atoms with van der Waals surface area (Å²) in [5, 5.41) is 10.1. The van der Waals surface area contributed by atoms with Crippen molar-refractivity contribution >= 4 is 5.78 Å². The van der Waals surface area contributed by atoms with E-state index in [2.05, 4.69) is 19.9 Å². The number of allylic oxidation sites excluding steroid dienone is 5. The zero-order valence-electron chi connectivity index (χ0n) is 13.0. The third-order valence-corrected chi connectivity index (χ3v) is 6.64. The lowest BCUT2D eigenvalue weighted by atomic mass is 9.54. The van der Waals surface area contributed by atoms with Gasteiger partial charge in [0.15, 0.2) is 5.78 Å². The third-order valence-electron chi connectivity index (χ3n) is 6.64. The van der Waals surface area contributed by atoms with E-state index in [-0.39, 0.29) is 22.7 Å². The molecule has 4 rings (SSSR count). The van der Waals surface area contributed by atoms with Crippen LogP contribution in [0.2, 0.25) is 0 Å². The molecule has 4 atom stereocenters. The fourth-order valence-corrected chi connectivity index (χ4v) is 5.49. The number of hydrogen-bond donors (Lipinski definition) is 1. The van der Waals surface area contributed by atoms with E-state index in [1.54, 1.807) is 17.2 Å². The van der Waals surface area contributed by atoms with E-state index in [0.717, 1.165) is 25.7 Å². The van der Waals surface area contributed by atoms with Crippen molar-refractivity contribution in [1.82, 2.24) is 0 Å². The molecule has 1 N–H and O–H groups in total. The number of carbonyl (C=O) groups excluding carboxylic acids is 1. The molecule has 0 aromatic heterocycles. The molecule has 0 amide bonds. The first-order valence-corrected chi connectivity index (χ1v) is 8.27. The van der Waals surface area contributed by atoms with Gasteiger partial charge in [0.05, 0.1) is 6.10 Å². The smallest absolute Gasteiger partial charge is 0.178 e. The van der Waals surface area contributed by atoms with Crippen molar-refractivity contribution < 1.29 is 9.90 Å². The summed E-state index contributed by atoms with van der Waals surface area (Å²) < 4.78 is 0. The molecule has 21 heavy (non-hydrogen) atoms. The number of carbonyl (C=O) groups is 1. The van der Waals surface area contributed by atoms with Gasteiger partial charge in [0, 0.05) is 5.41 Å². The maximum atomic E-state index is 11.7. The zero-order chi connectivity index (χ0) is 14.8. The second-order valence-electron chi connectivity index (χ2n) is 7.91. The SMILES string of the molecule is C[C@@]12CCC3C(=C1C[C@H](O)C2)CCC1=CC(=O)C=C[C@@]13C. The van der Waals surface area contributed by atoms with Gasteiger partial charge in [-0.3, -0.25) is 4.79 Å². The molecule has 0 aromatic carbocycles. The van der Waals surface area contributed by atoms with E-state index in [4.69, 9.17) is 0 Å². The highest BCUT2D eigenvalue weighted by Crippen LogP contribution is 2.61. The van der Waals surface area contributed by atoms with Crippen LogP contribution in [0.25, 0.3) is 0 Å². The molecule has 0 bridgehead atoms. The molecule has 2 fully saturated rings. The number of aliphatic hydroxyl groups excluding tert-OH is 1. The van der Waals surface area contributed by atoms with Crippen molar-refractivity contribution in [2.75, 3.05) is 0 Å². The predicted octanol–water partition coefficient (Wildman–Crippen LogP) is 3.72. The minimum absolute atomic E-state index is 0.0311. The van der Waals surface area contributed by atoms with Crippen molar-refractivity contribution in [2.45, 2.75) is 58.5 Å². The molecular formula is C19H24O2. The quantitative estimate of drug-likeness (QED) is 0.688. The lowest BCUT2D eigenvalue weighted by molar-refractivity contribution is -0.110. The van der Waals surface area contributed by atoms with Gasteiger partial charge in [0.25, 0.3) is 0 Å². The number of fused-ring (bicyclic) bond motifs is 4. The molecule has 1 unspecified atom stereocenters. The lowest BCUT2D eigenvalue weighted by Gasteiger charge is -2.50. The summed E-state index contributed by atoms with van der Waals surface area (Å²) in [4.78, 5) is 11.7. The second-order valence-corrected chi connectivity index (χ2v) is 7.91. The van der Waals surface area contributed by atoms with Crippen molar-refractivity contribution in [3.05, 3.63) is 34.9 Å². The van der Waals surface area contributed by atoms with Gasteiger partial charge in [-0.05, 0) is 62.0 Å². The van der Waals surface area contributed by atoms with Crippen LogP contribution in [0.3, 0.4) is 0 Å². The average molecular weight is 284 g/mol. The Balaban J connectivity index is 1.81. The summed E-state index contributed by atoms with van der Waals surface area (Å²) in [5.41, 5.74) is 4.75. The van der Waals surface area contributed by atoms with Crippen LogP contribution in [0.4, 0.5) is 0 Å². The summed E-state index contributed by atoms with van der Waals surface area (Å²) in [6.45, 7) is 4.65. The summed E-state index contributed by atoms with van der Waals surface area (Å²) >= 11 is 0. The molecule has 0 saturated heterocycles. The fourth-order valence-electron chi connectivity index (χ4n) is 5.49. The first kappa shape index (κ1) is 13.5. The van der Waals surface area contributed by atoms with Gasteiger partial charge in [0.1, 0.15) is 0 Å². The molecule has 0 radical (unpaired) electrons. The fraction of sp³-hybridized carbons (Fsp3) is 0.632. The van der Waals surface area contributed by atoms with Crippen LogP contribution < -0.4 is 0 Å². The third kappa shape index (κ3) is 1.78. The van der Waals surface area contributed by atoms with Crippen molar-refractivity contribution in [1.29, 1.82) is 0 Å². The molecule has 0 spiro atoms. The second kappa shape index (κ2) is 4.19. The highest BCUT2D eigenvalue weighted by Gasteiger charge is 2.51. The Labute approximate surface area is 126 Å². The number of rotatable bonds is 0. The molecule has 4 aliphatic rings. The number of ketones is 1. The van der Waals surface area contributed by atoms with Crippen LogP contribution in [0, 0.1) is 16.7 Å². The van der Waals surface area contributed by atoms with Gasteiger partial charge in [-0.1, -0.05) is 36.6 Å². The summed E-state index contributed by atoms with van der Waals surface area (Å²) in [6, 6.07) is 0. The van der Waals surface area contributed by atoms with Gasteiger partial charge in [-0.2, -0.15) is 0 Å². The molecule has 2 saturated carbocycles. The van der Waals surface area contributed by atoms with Crippen molar-refractivity contribution in [3.63, 3.8) is 0 Å². The maximum Gasteiger partial charge on any atom is 0.178 e. The molecule has 0 heterocycles. The largest absolute Gasteiger partial charge is 0.393 e. The molecular weight excluding hydrogens is 260 g/mol. The monoisotopic (exact) mass is 284 g/mol. The van der Waals surface area contributed by atoms with Gasteiger partial charge in [-0.15, -0.1) is 0 Å². The van der Waals surface area contributed by atoms with Crippen LogP contribution >= 0.6 is 0 Å².